The van der Waals surface area contributed by atoms with Crippen LogP contribution in [-0.4, -0.2) is 18.9 Å². The lowest BCUT2D eigenvalue weighted by molar-refractivity contribution is -0.140. The third-order valence-electron chi connectivity index (χ3n) is 7.54. The van der Waals surface area contributed by atoms with Crippen molar-refractivity contribution < 1.29 is 14.3 Å². The number of amides is 2. The quantitative estimate of drug-likeness (QED) is 0.709. The summed E-state index contributed by atoms with van der Waals surface area (Å²) in [7, 11) is 1.63. The third-order valence-corrected chi connectivity index (χ3v) is 7.54. The molecule has 4 aliphatic rings. The summed E-state index contributed by atoms with van der Waals surface area (Å²) in [5, 5.41) is 6.09. The normalized spacial score (nSPS) is 28.2. The number of benzene rings is 2. The Balaban J connectivity index is 1.18. The zero-order valence-electron chi connectivity index (χ0n) is 18.0. The maximum atomic E-state index is 13.2. The van der Waals surface area contributed by atoms with Crippen LogP contribution in [0.4, 0.5) is 5.69 Å². The van der Waals surface area contributed by atoms with Crippen LogP contribution in [-0.2, 0) is 11.3 Å². The topological polar surface area (TPSA) is 67.4 Å². The van der Waals surface area contributed by atoms with Crippen molar-refractivity contribution >= 4 is 17.5 Å². The summed E-state index contributed by atoms with van der Waals surface area (Å²) in [6.45, 7) is 0.452. The van der Waals surface area contributed by atoms with E-state index >= 15 is 0 Å². The van der Waals surface area contributed by atoms with E-state index in [4.69, 9.17) is 4.74 Å². The van der Waals surface area contributed by atoms with Crippen LogP contribution in [0, 0.1) is 23.2 Å². The molecule has 2 aromatic rings. The molecule has 0 unspecified atom stereocenters. The first-order valence-electron chi connectivity index (χ1n) is 11.4. The van der Waals surface area contributed by atoms with Crippen molar-refractivity contribution in [3.8, 4) is 5.75 Å². The number of anilines is 1. The zero-order chi connectivity index (χ0) is 21.4. The maximum Gasteiger partial charge on any atom is 0.251 e. The maximum absolute atomic E-state index is 13.2. The standard InChI is InChI=1S/C26H30N2O3/c1-31-23-8-2-17(3-9-23)16-27-24(29)21-4-6-22(7-5-21)28-25(30)26-13-18-10-19(14-26)12-20(11-18)15-26/h2-9,18-20H,10-16H2,1H3,(H,27,29)(H,28,30). The number of hydrogen-bond donors (Lipinski definition) is 2. The van der Waals surface area contributed by atoms with Gasteiger partial charge in [-0.1, -0.05) is 12.1 Å². The van der Waals surface area contributed by atoms with Crippen LogP contribution in [0.1, 0.15) is 54.4 Å². The van der Waals surface area contributed by atoms with Crippen LogP contribution in [0.5, 0.6) is 5.75 Å². The molecule has 0 spiro atoms. The van der Waals surface area contributed by atoms with Gasteiger partial charge in [-0.2, -0.15) is 0 Å². The first-order valence-corrected chi connectivity index (χ1v) is 11.4. The molecule has 2 amide bonds. The minimum atomic E-state index is -0.164. The minimum absolute atomic E-state index is 0.130. The Morgan fingerprint density at radius 1 is 0.903 bits per heavy atom. The van der Waals surface area contributed by atoms with Gasteiger partial charge in [-0.15, -0.1) is 0 Å². The van der Waals surface area contributed by atoms with Crippen LogP contribution in [0.2, 0.25) is 0 Å². The van der Waals surface area contributed by atoms with Crippen molar-refractivity contribution in [1.29, 1.82) is 0 Å². The molecule has 2 aromatic carbocycles. The van der Waals surface area contributed by atoms with Crippen LogP contribution in [0.3, 0.4) is 0 Å². The Hall–Kier alpha value is -2.82. The molecule has 5 nitrogen and oxygen atoms in total. The first kappa shape index (κ1) is 20.1. The van der Waals surface area contributed by atoms with Crippen LogP contribution in [0.25, 0.3) is 0 Å². The molecule has 4 bridgehead atoms. The van der Waals surface area contributed by atoms with E-state index in [1.807, 2.05) is 36.4 Å². The number of hydrogen-bond acceptors (Lipinski definition) is 3. The van der Waals surface area contributed by atoms with E-state index in [0.29, 0.717) is 12.1 Å². The molecule has 2 N–H and O–H groups in total. The van der Waals surface area contributed by atoms with Gasteiger partial charge < -0.3 is 15.4 Å². The van der Waals surface area contributed by atoms with E-state index in [0.717, 1.165) is 54.0 Å². The Morgan fingerprint density at radius 3 is 2.03 bits per heavy atom. The van der Waals surface area contributed by atoms with Gasteiger partial charge in [0.2, 0.25) is 5.91 Å². The second-order valence-corrected chi connectivity index (χ2v) is 9.76. The van der Waals surface area contributed by atoms with Crippen LogP contribution < -0.4 is 15.4 Å². The van der Waals surface area contributed by atoms with Crippen molar-refractivity contribution in [2.45, 2.75) is 45.1 Å². The summed E-state index contributed by atoms with van der Waals surface area (Å²) in [5.41, 5.74) is 2.20. The Bertz CT molecular complexity index is 930. The van der Waals surface area contributed by atoms with Crippen LogP contribution >= 0.6 is 0 Å². The SMILES string of the molecule is COc1ccc(CNC(=O)c2ccc(NC(=O)C34CC5CC(CC(C5)C3)C4)cc2)cc1. The lowest BCUT2D eigenvalue weighted by Crippen LogP contribution is -2.51. The molecule has 0 atom stereocenters. The molecule has 4 saturated carbocycles. The number of carbonyl (C=O) groups excluding carboxylic acids is 2. The monoisotopic (exact) mass is 418 g/mol. The lowest BCUT2D eigenvalue weighted by Gasteiger charge is -2.55. The molecule has 31 heavy (non-hydrogen) atoms. The minimum Gasteiger partial charge on any atom is -0.497 e. The average Bonchev–Trinajstić information content (AvgIpc) is 2.77. The highest BCUT2D eigenvalue weighted by molar-refractivity contribution is 5.97. The molecular formula is C26H30N2O3. The van der Waals surface area contributed by atoms with E-state index in [1.54, 1.807) is 19.2 Å². The molecule has 5 heteroatoms. The van der Waals surface area contributed by atoms with E-state index in [9.17, 15) is 9.59 Å². The predicted octanol–water partition coefficient (Wildman–Crippen LogP) is 4.78. The zero-order valence-corrected chi connectivity index (χ0v) is 18.0. The van der Waals surface area contributed by atoms with E-state index < -0.39 is 0 Å². The van der Waals surface area contributed by atoms with Crippen molar-refractivity contribution in [2.24, 2.45) is 23.2 Å². The molecule has 0 saturated heterocycles. The van der Waals surface area contributed by atoms with Crippen LogP contribution in [0.15, 0.2) is 48.5 Å². The van der Waals surface area contributed by atoms with E-state index in [-0.39, 0.29) is 17.2 Å². The van der Waals surface area contributed by atoms with Crippen molar-refractivity contribution in [3.05, 3.63) is 59.7 Å². The molecular weight excluding hydrogens is 388 g/mol. The fraction of sp³-hybridized carbons (Fsp3) is 0.462. The fourth-order valence-corrected chi connectivity index (χ4v) is 6.39. The number of carbonyl (C=O) groups is 2. The van der Waals surface area contributed by atoms with Gasteiger partial charge in [0, 0.05) is 17.8 Å². The molecule has 162 valence electrons. The molecule has 4 aliphatic carbocycles. The molecule has 0 aliphatic heterocycles. The highest BCUT2D eigenvalue weighted by Crippen LogP contribution is 2.60. The van der Waals surface area contributed by atoms with E-state index in [1.165, 1.54) is 19.3 Å². The van der Waals surface area contributed by atoms with E-state index in [2.05, 4.69) is 10.6 Å². The summed E-state index contributed by atoms with van der Waals surface area (Å²) < 4.78 is 5.15. The van der Waals surface area contributed by atoms with Gasteiger partial charge in [-0.3, -0.25) is 9.59 Å². The largest absolute Gasteiger partial charge is 0.497 e. The summed E-state index contributed by atoms with van der Waals surface area (Å²) in [6.07, 6.45) is 7.14. The number of nitrogens with one attached hydrogen (secondary N) is 2. The summed E-state index contributed by atoms with van der Waals surface area (Å²) in [6, 6.07) is 14.8. The number of methoxy groups -OCH3 is 1. The predicted molar refractivity (Wildman–Crippen MR) is 120 cm³/mol. The van der Waals surface area contributed by atoms with Gasteiger partial charge in [-0.25, -0.2) is 0 Å². The Labute approximate surface area is 183 Å². The number of ether oxygens (including phenoxy) is 1. The lowest BCUT2D eigenvalue weighted by atomic mass is 9.49. The number of rotatable bonds is 6. The molecule has 6 rings (SSSR count). The first-order chi connectivity index (χ1) is 15.0. The van der Waals surface area contributed by atoms with Gasteiger partial charge in [0.15, 0.2) is 0 Å². The summed E-state index contributed by atoms with van der Waals surface area (Å²) in [4.78, 5) is 25.7. The second kappa shape index (κ2) is 8.03. The second-order valence-electron chi connectivity index (χ2n) is 9.76. The van der Waals surface area contributed by atoms with Gasteiger partial charge in [-0.05, 0) is 98.2 Å². The Kier molecular flexibility index (Phi) is 5.20. The molecule has 0 aromatic heterocycles. The molecule has 0 heterocycles. The average molecular weight is 419 g/mol. The molecule has 4 fully saturated rings. The molecule has 0 radical (unpaired) electrons. The Morgan fingerprint density at radius 2 is 1.48 bits per heavy atom. The fourth-order valence-electron chi connectivity index (χ4n) is 6.39. The third kappa shape index (κ3) is 4.06. The van der Waals surface area contributed by atoms with Crippen molar-refractivity contribution in [1.82, 2.24) is 5.32 Å². The summed E-state index contributed by atoms with van der Waals surface area (Å²) >= 11 is 0. The van der Waals surface area contributed by atoms with Gasteiger partial charge >= 0.3 is 0 Å². The van der Waals surface area contributed by atoms with Crippen molar-refractivity contribution in [2.75, 3.05) is 12.4 Å². The van der Waals surface area contributed by atoms with Gasteiger partial charge in [0.05, 0.1) is 12.5 Å². The smallest absolute Gasteiger partial charge is 0.251 e. The highest BCUT2D eigenvalue weighted by Gasteiger charge is 2.54. The van der Waals surface area contributed by atoms with Crippen molar-refractivity contribution in [3.63, 3.8) is 0 Å². The van der Waals surface area contributed by atoms with Gasteiger partial charge in [0.25, 0.3) is 5.91 Å². The van der Waals surface area contributed by atoms with Gasteiger partial charge in [0.1, 0.15) is 5.75 Å². The summed E-state index contributed by atoms with van der Waals surface area (Å²) in [5.74, 6) is 3.08. The highest BCUT2D eigenvalue weighted by atomic mass is 16.5.